The molecule has 0 spiro atoms. The number of carbonyl (C=O) groups is 1. The maximum absolute atomic E-state index is 12.8. The van der Waals surface area contributed by atoms with Gasteiger partial charge in [-0.05, 0) is 48.4 Å². The molecule has 2 aliphatic carbocycles. The fraction of sp³-hybridized carbons (Fsp3) is 0.346. The molecule has 5 heteroatoms. The molecule has 1 aromatic heterocycles. The lowest BCUT2D eigenvalue weighted by Gasteiger charge is -2.22. The standard InChI is InChI=1S/C26H28N4O/c27-20-11-12-21-19(16-20)10-13-22-25(21)28-23(14-17-8-4-5-9-17)26(29-22)30-24(31)15-18-6-2-1-3-7-18/h1-3,6-7,11-12,16-17H,4-5,8-10,13-15,27H2,(H,29,30,31). The second-order valence-electron chi connectivity index (χ2n) is 8.80. The highest BCUT2D eigenvalue weighted by atomic mass is 16.1. The zero-order chi connectivity index (χ0) is 21.2. The van der Waals surface area contributed by atoms with E-state index in [1.807, 2.05) is 42.5 Å². The summed E-state index contributed by atoms with van der Waals surface area (Å²) in [6.45, 7) is 0. The number of hydrogen-bond acceptors (Lipinski definition) is 4. The summed E-state index contributed by atoms with van der Waals surface area (Å²) in [5, 5.41) is 3.08. The van der Waals surface area contributed by atoms with Gasteiger partial charge in [0.15, 0.2) is 5.82 Å². The largest absolute Gasteiger partial charge is 0.399 e. The fourth-order valence-corrected chi connectivity index (χ4v) is 4.89. The molecular formula is C26H28N4O. The van der Waals surface area contributed by atoms with Crippen molar-refractivity contribution in [3.8, 4) is 11.3 Å². The summed E-state index contributed by atoms with van der Waals surface area (Å²) in [7, 11) is 0. The first-order valence-corrected chi connectivity index (χ1v) is 11.3. The number of nitrogen functional groups attached to an aromatic ring is 1. The van der Waals surface area contributed by atoms with Crippen LogP contribution in [0, 0.1) is 5.92 Å². The zero-order valence-electron chi connectivity index (χ0n) is 17.7. The summed E-state index contributed by atoms with van der Waals surface area (Å²) in [6, 6.07) is 15.9. The van der Waals surface area contributed by atoms with Crippen molar-refractivity contribution >= 4 is 17.4 Å². The lowest BCUT2D eigenvalue weighted by Crippen LogP contribution is -2.20. The van der Waals surface area contributed by atoms with Gasteiger partial charge in [0, 0.05) is 11.3 Å². The van der Waals surface area contributed by atoms with E-state index in [2.05, 4.69) is 11.4 Å². The number of fused-ring (bicyclic) bond motifs is 3. The Hall–Kier alpha value is -3.21. The van der Waals surface area contributed by atoms with Crippen LogP contribution in [-0.2, 0) is 30.5 Å². The van der Waals surface area contributed by atoms with E-state index in [-0.39, 0.29) is 5.91 Å². The van der Waals surface area contributed by atoms with Gasteiger partial charge in [-0.3, -0.25) is 4.79 Å². The van der Waals surface area contributed by atoms with Crippen LogP contribution >= 0.6 is 0 Å². The number of nitrogens with two attached hydrogens (primary N) is 1. The van der Waals surface area contributed by atoms with E-state index >= 15 is 0 Å². The Balaban J connectivity index is 1.48. The first kappa shape index (κ1) is 19.7. The van der Waals surface area contributed by atoms with Gasteiger partial charge in [0.05, 0.1) is 23.5 Å². The highest BCUT2D eigenvalue weighted by Gasteiger charge is 2.25. The number of aryl methyl sites for hydroxylation is 2. The lowest BCUT2D eigenvalue weighted by molar-refractivity contribution is -0.115. The van der Waals surface area contributed by atoms with Gasteiger partial charge in [-0.25, -0.2) is 9.97 Å². The number of rotatable bonds is 5. The molecule has 3 N–H and O–H groups in total. The summed E-state index contributed by atoms with van der Waals surface area (Å²) in [6.07, 6.45) is 7.91. The third-order valence-corrected chi connectivity index (χ3v) is 6.48. The van der Waals surface area contributed by atoms with Crippen molar-refractivity contribution in [3.63, 3.8) is 0 Å². The van der Waals surface area contributed by atoms with Crippen LogP contribution in [-0.4, -0.2) is 15.9 Å². The van der Waals surface area contributed by atoms with Gasteiger partial charge in [-0.2, -0.15) is 0 Å². The Morgan fingerprint density at radius 2 is 1.84 bits per heavy atom. The number of benzene rings is 2. The van der Waals surface area contributed by atoms with Crippen LogP contribution < -0.4 is 11.1 Å². The number of nitrogens with one attached hydrogen (secondary N) is 1. The second kappa shape index (κ2) is 8.50. The minimum Gasteiger partial charge on any atom is -0.399 e. The van der Waals surface area contributed by atoms with Gasteiger partial charge in [-0.15, -0.1) is 0 Å². The molecule has 3 aromatic rings. The Morgan fingerprint density at radius 1 is 1.03 bits per heavy atom. The molecule has 31 heavy (non-hydrogen) atoms. The number of aromatic nitrogens is 2. The Labute approximate surface area is 183 Å². The number of amides is 1. The maximum Gasteiger partial charge on any atom is 0.229 e. The summed E-state index contributed by atoms with van der Waals surface area (Å²) in [5.41, 5.74) is 13.0. The Bertz CT molecular complexity index is 1100. The third-order valence-electron chi connectivity index (χ3n) is 6.48. The van der Waals surface area contributed by atoms with E-state index in [0.29, 0.717) is 18.2 Å². The minimum atomic E-state index is -0.0443. The average molecular weight is 413 g/mol. The van der Waals surface area contributed by atoms with Gasteiger partial charge in [0.25, 0.3) is 0 Å². The van der Waals surface area contributed by atoms with Crippen LogP contribution in [0.25, 0.3) is 11.3 Å². The number of carbonyl (C=O) groups excluding carboxylic acids is 1. The molecule has 1 saturated carbocycles. The molecular weight excluding hydrogens is 384 g/mol. The van der Waals surface area contributed by atoms with Crippen molar-refractivity contribution in [1.29, 1.82) is 0 Å². The van der Waals surface area contributed by atoms with E-state index in [0.717, 1.165) is 53.2 Å². The van der Waals surface area contributed by atoms with Gasteiger partial charge in [-0.1, -0.05) is 62.1 Å². The van der Waals surface area contributed by atoms with Crippen molar-refractivity contribution in [2.45, 2.75) is 51.4 Å². The average Bonchev–Trinajstić information content (AvgIpc) is 3.28. The summed E-state index contributed by atoms with van der Waals surface area (Å²) in [4.78, 5) is 22.8. The van der Waals surface area contributed by atoms with Gasteiger partial charge >= 0.3 is 0 Å². The Kier molecular flexibility index (Phi) is 5.41. The predicted octanol–water partition coefficient (Wildman–Crippen LogP) is 4.74. The van der Waals surface area contributed by atoms with Gasteiger partial charge < -0.3 is 11.1 Å². The molecule has 0 bridgehead atoms. The number of anilines is 2. The van der Waals surface area contributed by atoms with Crippen molar-refractivity contribution in [3.05, 3.63) is 71.0 Å². The second-order valence-corrected chi connectivity index (χ2v) is 8.80. The minimum absolute atomic E-state index is 0.0443. The van der Waals surface area contributed by atoms with Crippen LogP contribution in [0.15, 0.2) is 48.5 Å². The highest BCUT2D eigenvalue weighted by molar-refractivity contribution is 5.92. The fourth-order valence-electron chi connectivity index (χ4n) is 4.89. The number of hydrogen-bond donors (Lipinski definition) is 2. The molecule has 0 atom stereocenters. The molecule has 0 radical (unpaired) electrons. The monoisotopic (exact) mass is 412 g/mol. The van der Waals surface area contributed by atoms with Crippen molar-refractivity contribution in [1.82, 2.24) is 9.97 Å². The molecule has 0 saturated heterocycles. The van der Waals surface area contributed by atoms with Crippen molar-refractivity contribution in [2.24, 2.45) is 5.92 Å². The van der Waals surface area contributed by atoms with E-state index in [9.17, 15) is 4.79 Å². The smallest absolute Gasteiger partial charge is 0.229 e. The molecule has 158 valence electrons. The molecule has 2 aliphatic rings. The van der Waals surface area contributed by atoms with Gasteiger partial charge in [0.2, 0.25) is 5.91 Å². The molecule has 0 aliphatic heterocycles. The number of nitrogens with zero attached hydrogens (tertiary/aromatic N) is 2. The zero-order valence-corrected chi connectivity index (χ0v) is 17.7. The van der Waals surface area contributed by atoms with Crippen LogP contribution in [0.4, 0.5) is 11.5 Å². The molecule has 5 rings (SSSR count). The highest BCUT2D eigenvalue weighted by Crippen LogP contribution is 2.35. The van der Waals surface area contributed by atoms with Crippen LogP contribution in [0.3, 0.4) is 0 Å². The first-order valence-electron chi connectivity index (χ1n) is 11.3. The SMILES string of the molecule is Nc1ccc2c(c1)CCc1nc(NC(=O)Cc3ccccc3)c(CC3CCCC3)nc1-2. The predicted molar refractivity (Wildman–Crippen MR) is 124 cm³/mol. The van der Waals surface area contributed by atoms with E-state index in [1.165, 1.54) is 31.2 Å². The van der Waals surface area contributed by atoms with Crippen LogP contribution in [0.1, 0.15) is 48.2 Å². The molecule has 0 unspecified atom stereocenters. The quantitative estimate of drug-likeness (QED) is 0.593. The van der Waals surface area contributed by atoms with E-state index in [1.54, 1.807) is 0 Å². The van der Waals surface area contributed by atoms with E-state index < -0.39 is 0 Å². The normalized spacial score (nSPS) is 15.4. The topological polar surface area (TPSA) is 80.9 Å². The maximum atomic E-state index is 12.8. The van der Waals surface area contributed by atoms with Gasteiger partial charge in [0.1, 0.15) is 0 Å². The molecule has 1 fully saturated rings. The molecule has 1 amide bonds. The van der Waals surface area contributed by atoms with E-state index in [4.69, 9.17) is 15.7 Å². The van der Waals surface area contributed by atoms with Crippen LogP contribution in [0.2, 0.25) is 0 Å². The van der Waals surface area contributed by atoms with Crippen molar-refractivity contribution in [2.75, 3.05) is 11.1 Å². The Morgan fingerprint density at radius 3 is 2.65 bits per heavy atom. The molecule has 2 aromatic carbocycles. The first-order chi connectivity index (χ1) is 15.2. The molecule has 5 nitrogen and oxygen atoms in total. The summed E-state index contributed by atoms with van der Waals surface area (Å²) in [5.74, 6) is 1.22. The summed E-state index contributed by atoms with van der Waals surface area (Å²) < 4.78 is 0. The molecule has 1 heterocycles. The lowest BCUT2D eigenvalue weighted by atomic mass is 9.91. The van der Waals surface area contributed by atoms with Crippen LogP contribution in [0.5, 0.6) is 0 Å². The summed E-state index contributed by atoms with van der Waals surface area (Å²) >= 11 is 0. The third kappa shape index (κ3) is 4.31. The van der Waals surface area contributed by atoms with Crippen molar-refractivity contribution < 1.29 is 4.79 Å².